The molecule has 0 spiro atoms. The monoisotopic (exact) mass is 889 g/mol. The number of rotatable bonds is 5. The second kappa shape index (κ2) is 15.7. The van der Waals surface area contributed by atoms with Crippen LogP contribution in [0.1, 0.15) is 73.3 Å². The molecule has 0 aliphatic heterocycles. The van der Waals surface area contributed by atoms with Crippen molar-refractivity contribution in [2.45, 2.75) is 90.8 Å². The van der Waals surface area contributed by atoms with Gasteiger partial charge in [0, 0.05) is 37.9 Å². The smallest absolute Gasteiger partial charge is 0.121 e. The van der Waals surface area contributed by atoms with Crippen molar-refractivity contribution in [3.63, 3.8) is 0 Å². The number of hydrogen-bond acceptors (Lipinski definition) is 3. The maximum Gasteiger partial charge on any atom is 0.121 e. The van der Waals surface area contributed by atoms with Crippen molar-refractivity contribution in [3.8, 4) is 33.6 Å². The summed E-state index contributed by atoms with van der Waals surface area (Å²) in [6.07, 6.45) is 13.8. The molecular weight excluding hydrogens is 841 g/mol. The van der Waals surface area contributed by atoms with Gasteiger partial charge in [-0.2, -0.15) is 0 Å². The molecule has 4 aromatic carbocycles. The Labute approximate surface area is 329 Å². The molecule has 53 heavy (non-hydrogen) atoms. The van der Waals surface area contributed by atoms with Gasteiger partial charge in [0.05, 0.1) is 13.7 Å². The summed E-state index contributed by atoms with van der Waals surface area (Å²) in [5.41, 5.74) is 15.8. The second-order valence-electron chi connectivity index (χ2n) is 15.9. The van der Waals surface area contributed by atoms with Gasteiger partial charge in [-0.05, 0) is 77.9 Å². The molecule has 2 aliphatic rings. The molecular formula is C48H48IrN2OSi-2. The van der Waals surface area contributed by atoms with Crippen LogP contribution in [0.4, 0.5) is 0 Å². The normalized spacial score (nSPS) is 13.9. The maximum atomic E-state index is 6.42. The summed E-state index contributed by atoms with van der Waals surface area (Å²) in [6, 6.07) is 36.8. The molecule has 0 saturated heterocycles. The Balaban J connectivity index is 0.000000166. The summed E-state index contributed by atoms with van der Waals surface area (Å²) in [5, 5.41) is 3.77. The third-order valence-corrected chi connectivity index (χ3v) is 13.0. The largest absolute Gasteiger partial charge is 0.501 e. The summed E-state index contributed by atoms with van der Waals surface area (Å²) >= 11 is 0. The Kier molecular flexibility index (Phi) is 11.0. The first-order valence-electron chi connectivity index (χ1n) is 19.2. The van der Waals surface area contributed by atoms with E-state index >= 15 is 0 Å². The van der Waals surface area contributed by atoms with E-state index < -0.39 is 8.07 Å². The topological polar surface area (TPSA) is 38.9 Å². The molecule has 0 fully saturated rings. The number of furan rings is 1. The van der Waals surface area contributed by atoms with Crippen LogP contribution in [-0.4, -0.2) is 18.0 Å². The summed E-state index contributed by atoms with van der Waals surface area (Å²) in [5.74, 6) is 0.540. The Bertz CT molecular complexity index is 2390. The third-order valence-electron chi connectivity index (χ3n) is 11.0. The van der Waals surface area contributed by atoms with Gasteiger partial charge in [-0.3, -0.25) is 0 Å². The van der Waals surface area contributed by atoms with Gasteiger partial charge in [0.15, 0.2) is 0 Å². The van der Waals surface area contributed by atoms with Gasteiger partial charge in [0.25, 0.3) is 0 Å². The van der Waals surface area contributed by atoms with E-state index in [-0.39, 0.29) is 20.1 Å². The van der Waals surface area contributed by atoms with Crippen LogP contribution in [0.5, 0.6) is 0 Å². The van der Waals surface area contributed by atoms with E-state index in [0.717, 1.165) is 57.3 Å². The van der Waals surface area contributed by atoms with Crippen LogP contribution in [-0.2, 0) is 45.8 Å². The molecule has 5 heteroatoms. The first kappa shape index (κ1) is 37.2. The van der Waals surface area contributed by atoms with Gasteiger partial charge in [-0.15, -0.1) is 53.1 Å². The van der Waals surface area contributed by atoms with E-state index in [9.17, 15) is 0 Å². The molecule has 0 unspecified atom stereocenters. The van der Waals surface area contributed by atoms with Gasteiger partial charge in [-0.1, -0.05) is 129 Å². The Morgan fingerprint density at radius 2 is 1.38 bits per heavy atom. The van der Waals surface area contributed by atoms with Crippen LogP contribution in [0.25, 0.3) is 55.6 Å². The number of pyridine rings is 2. The fraction of sp³-hybridized carbons (Fsp3) is 0.292. The zero-order valence-electron chi connectivity index (χ0n) is 31.6. The molecule has 1 radical (unpaired) electrons. The van der Waals surface area contributed by atoms with E-state index in [1.165, 1.54) is 82.7 Å². The van der Waals surface area contributed by atoms with Crippen molar-refractivity contribution < 1.29 is 24.5 Å². The van der Waals surface area contributed by atoms with E-state index in [4.69, 9.17) is 14.4 Å². The summed E-state index contributed by atoms with van der Waals surface area (Å²) < 4.78 is 6.42. The third kappa shape index (κ3) is 7.49. The van der Waals surface area contributed by atoms with E-state index in [1.54, 1.807) is 0 Å². The number of hydrogen-bond donors (Lipinski definition) is 0. The summed E-state index contributed by atoms with van der Waals surface area (Å²) in [7, 11) is -1.37. The standard InChI is InChI=1S/C27H20NO.C21H28NSi.Ir/c1-2-7-18(8-3-1)20-13-14-22-23-11-6-12-24(27(23)29-25(22)17-20)26-21-10-5-4-9-19(21)15-16-28-26;1-15(2)19-13-20(22-14-21(19)23(3,4)5)18-12-8-10-16-9-6-7-11-17(16)18;/h1-3,6-8,11,13-17H,4-5,9-10H2;8,10,13-15H,6-7,9,11H2,1-5H3;/q2*-1;. The van der Waals surface area contributed by atoms with Crippen molar-refractivity contribution in [3.05, 3.63) is 137 Å². The zero-order chi connectivity index (χ0) is 35.8. The SMILES string of the molecule is CC(C)c1cc(-c2[c-]ccc3c2CCCC3)ncc1[Si](C)(C)C.[Ir].[c-]1ccc2c(oc3cc(-c4ccccc4)ccc32)c1-c1nccc2c1CCCC2. The van der Waals surface area contributed by atoms with Crippen molar-refractivity contribution in [2.24, 2.45) is 0 Å². The minimum absolute atomic E-state index is 0. The Hall–Kier alpha value is -4.15. The number of fused-ring (bicyclic) bond motifs is 5. The molecule has 9 rings (SSSR count). The van der Waals surface area contributed by atoms with Gasteiger partial charge in [-0.25, -0.2) is 0 Å². The molecule has 271 valence electrons. The van der Waals surface area contributed by atoms with Crippen molar-refractivity contribution in [1.29, 1.82) is 0 Å². The molecule has 2 aliphatic carbocycles. The van der Waals surface area contributed by atoms with Gasteiger partial charge >= 0.3 is 0 Å². The molecule has 0 saturated carbocycles. The predicted octanol–water partition coefficient (Wildman–Crippen LogP) is 12.1. The Morgan fingerprint density at radius 1 is 0.679 bits per heavy atom. The van der Waals surface area contributed by atoms with Crippen LogP contribution in [0.3, 0.4) is 0 Å². The molecule has 3 heterocycles. The molecule has 3 aromatic heterocycles. The van der Waals surface area contributed by atoms with E-state index in [0.29, 0.717) is 5.92 Å². The molecule has 0 amide bonds. The number of benzene rings is 4. The second-order valence-corrected chi connectivity index (χ2v) is 20.9. The van der Waals surface area contributed by atoms with Gasteiger partial charge in [0.2, 0.25) is 0 Å². The van der Waals surface area contributed by atoms with Crippen LogP contribution in [0.15, 0.2) is 102 Å². The fourth-order valence-corrected chi connectivity index (χ4v) is 9.94. The van der Waals surface area contributed by atoms with Crippen molar-refractivity contribution in [2.75, 3.05) is 0 Å². The first-order chi connectivity index (χ1) is 25.3. The van der Waals surface area contributed by atoms with Crippen LogP contribution >= 0.6 is 0 Å². The van der Waals surface area contributed by atoms with Crippen LogP contribution < -0.4 is 5.19 Å². The van der Waals surface area contributed by atoms with Crippen molar-refractivity contribution >= 4 is 35.2 Å². The molecule has 0 bridgehead atoms. The molecule has 0 N–H and O–H groups in total. The minimum atomic E-state index is -1.37. The number of aryl methyl sites for hydroxylation is 2. The molecule has 7 aromatic rings. The Morgan fingerprint density at radius 3 is 2.13 bits per heavy atom. The van der Waals surface area contributed by atoms with E-state index in [2.05, 4.69) is 125 Å². The maximum absolute atomic E-state index is 6.42. The summed E-state index contributed by atoms with van der Waals surface area (Å²) in [4.78, 5) is 9.63. The van der Waals surface area contributed by atoms with Gasteiger partial charge in [0.1, 0.15) is 5.58 Å². The first-order valence-corrected chi connectivity index (χ1v) is 22.7. The average Bonchev–Trinajstić information content (AvgIpc) is 3.56. The molecule has 0 atom stereocenters. The molecule has 3 nitrogen and oxygen atoms in total. The zero-order valence-corrected chi connectivity index (χ0v) is 35.0. The summed E-state index contributed by atoms with van der Waals surface area (Å²) in [6.45, 7) is 11.8. The quantitative estimate of drug-likeness (QED) is 0.128. The minimum Gasteiger partial charge on any atom is -0.501 e. The van der Waals surface area contributed by atoms with Crippen molar-refractivity contribution in [1.82, 2.24) is 9.97 Å². The van der Waals surface area contributed by atoms with E-state index in [1.807, 2.05) is 18.3 Å². The van der Waals surface area contributed by atoms with Crippen LogP contribution in [0, 0.1) is 12.1 Å². The fourth-order valence-electron chi connectivity index (χ4n) is 8.26. The predicted molar refractivity (Wildman–Crippen MR) is 220 cm³/mol. The average molecular weight is 889 g/mol. The number of aromatic nitrogens is 2. The van der Waals surface area contributed by atoms with Crippen LogP contribution in [0.2, 0.25) is 19.6 Å². The van der Waals surface area contributed by atoms with Gasteiger partial charge < -0.3 is 14.4 Å². The number of nitrogens with zero attached hydrogens (tertiary/aromatic N) is 2.